The van der Waals surface area contributed by atoms with Crippen LogP contribution in [-0.2, 0) is 0 Å². The number of hydrogen-bond donors (Lipinski definition) is 2. The van der Waals surface area contributed by atoms with Crippen molar-refractivity contribution in [2.24, 2.45) is 0 Å². The summed E-state index contributed by atoms with van der Waals surface area (Å²) in [6.45, 7) is 0. The Morgan fingerprint density at radius 1 is 1.08 bits per heavy atom. The monoisotopic (exact) mass is 342 g/mol. The van der Waals surface area contributed by atoms with Gasteiger partial charge in [-0.1, -0.05) is 17.4 Å². The number of anilines is 1. The van der Waals surface area contributed by atoms with Crippen LogP contribution in [0.25, 0.3) is 32.6 Å². The minimum atomic E-state index is -0.588. The molecular weight excluding hydrogens is 330 g/mol. The highest BCUT2D eigenvalue weighted by molar-refractivity contribution is 7.18. The Morgan fingerprint density at radius 3 is 2.58 bits per heavy atom. The Bertz CT molecular complexity index is 1020. The van der Waals surface area contributed by atoms with Gasteiger partial charge in [0.2, 0.25) is 5.13 Å². The first-order chi connectivity index (χ1) is 11.7. The molecule has 0 unspecified atom stereocenters. The lowest BCUT2D eigenvalue weighted by Crippen LogP contribution is -1.88. The maximum atomic E-state index is 14.1. The van der Waals surface area contributed by atoms with Gasteiger partial charge in [-0.25, -0.2) is 8.78 Å². The van der Waals surface area contributed by atoms with Crippen LogP contribution in [-0.4, -0.2) is 22.2 Å². The van der Waals surface area contributed by atoms with Crippen molar-refractivity contribution in [1.29, 1.82) is 0 Å². The predicted octanol–water partition coefficient (Wildman–Crippen LogP) is 4.67. The van der Waals surface area contributed by atoms with Gasteiger partial charge in [0.05, 0.1) is 5.56 Å². The lowest BCUT2D eigenvalue weighted by atomic mass is 10.0. The summed E-state index contributed by atoms with van der Waals surface area (Å²) in [6, 6.07) is 9.51. The highest BCUT2D eigenvalue weighted by atomic mass is 32.1. The first-order valence-electron chi connectivity index (χ1n) is 7.24. The van der Waals surface area contributed by atoms with Crippen LogP contribution >= 0.6 is 11.3 Å². The SMILES string of the molecule is CNc1nnc(-c2ccc3[nH]cc(-c4c(F)cccc4F)c3c2)s1. The molecule has 0 fully saturated rings. The van der Waals surface area contributed by atoms with Crippen molar-refractivity contribution in [3.63, 3.8) is 0 Å². The van der Waals surface area contributed by atoms with Crippen molar-refractivity contribution < 1.29 is 8.78 Å². The number of benzene rings is 2. The minimum Gasteiger partial charge on any atom is -0.363 e. The molecule has 0 amide bonds. The van der Waals surface area contributed by atoms with Gasteiger partial charge in [0.15, 0.2) is 0 Å². The van der Waals surface area contributed by atoms with E-state index in [0.29, 0.717) is 10.7 Å². The zero-order valence-electron chi connectivity index (χ0n) is 12.6. The molecular formula is C17H12F2N4S. The van der Waals surface area contributed by atoms with Crippen LogP contribution < -0.4 is 5.32 Å². The Kier molecular flexibility index (Phi) is 3.50. The predicted molar refractivity (Wildman–Crippen MR) is 92.1 cm³/mol. The molecule has 0 aliphatic carbocycles. The molecule has 4 aromatic rings. The summed E-state index contributed by atoms with van der Waals surface area (Å²) >= 11 is 1.41. The van der Waals surface area contributed by atoms with Gasteiger partial charge >= 0.3 is 0 Å². The van der Waals surface area contributed by atoms with Crippen molar-refractivity contribution in [3.8, 4) is 21.7 Å². The lowest BCUT2D eigenvalue weighted by Gasteiger charge is -2.04. The van der Waals surface area contributed by atoms with Gasteiger partial charge in [0.1, 0.15) is 16.6 Å². The van der Waals surface area contributed by atoms with Crippen molar-refractivity contribution in [1.82, 2.24) is 15.2 Å². The van der Waals surface area contributed by atoms with Crippen molar-refractivity contribution in [2.45, 2.75) is 0 Å². The van der Waals surface area contributed by atoms with E-state index >= 15 is 0 Å². The second-order valence-corrected chi connectivity index (χ2v) is 6.20. The van der Waals surface area contributed by atoms with Crippen LogP contribution in [0.5, 0.6) is 0 Å². The maximum Gasteiger partial charge on any atom is 0.205 e. The molecule has 120 valence electrons. The van der Waals surface area contributed by atoms with Gasteiger partial charge in [0, 0.05) is 35.3 Å². The number of nitrogens with one attached hydrogen (secondary N) is 2. The summed E-state index contributed by atoms with van der Waals surface area (Å²) in [5, 5.41) is 13.3. The summed E-state index contributed by atoms with van der Waals surface area (Å²) < 4.78 is 28.3. The van der Waals surface area contributed by atoms with E-state index in [1.165, 1.54) is 29.5 Å². The fourth-order valence-electron chi connectivity index (χ4n) is 2.66. The van der Waals surface area contributed by atoms with Crippen LogP contribution in [0.4, 0.5) is 13.9 Å². The third-order valence-electron chi connectivity index (χ3n) is 3.80. The molecule has 2 heterocycles. The number of aromatic amines is 1. The minimum absolute atomic E-state index is 0.0333. The van der Waals surface area contributed by atoms with Crippen LogP contribution in [0.1, 0.15) is 0 Å². The Balaban J connectivity index is 1.91. The molecule has 2 N–H and O–H groups in total. The van der Waals surface area contributed by atoms with E-state index in [1.807, 2.05) is 18.2 Å². The summed E-state index contributed by atoms with van der Waals surface area (Å²) in [5.74, 6) is -1.18. The molecule has 7 heteroatoms. The largest absolute Gasteiger partial charge is 0.363 e. The van der Waals surface area contributed by atoms with Crippen LogP contribution in [0.15, 0.2) is 42.6 Å². The second kappa shape index (κ2) is 5.68. The van der Waals surface area contributed by atoms with Crippen LogP contribution in [0, 0.1) is 11.6 Å². The van der Waals surface area contributed by atoms with Crippen LogP contribution in [0.3, 0.4) is 0 Å². The third-order valence-corrected chi connectivity index (χ3v) is 4.79. The summed E-state index contributed by atoms with van der Waals surface area (Å²) in [7, 11) is 1.78. The number of nitrogens with zero attached hydrogens (tertiary/aromatic N) is 2. The molecule has 4 rings (SSSR count). The van der Waals surface area contributed by atoms with E-state index in [0.717, 1.165) is 21.5 Å². The maximum absolute atomic E-state index is 14.1. The number of rotatable bonds is 3. The van der Waals surface area contributed by atoms with E-state index in [-0.39, 0.29) is 5.56 Å². The molecule has 0 bridgehead atoms. The van der Waals surface area contributed by atoms with Crippen molar-refractivity contribution >= 4 is 27.4 Å². The molecule has 0 saturated carbocycles. The standard InChI is InChI=1S/C17H12F2N4S/c1-20-17-23-22-16(24-17)9-5-6-14-10(7-9)11(8-21-14)15-12(18)3-2-4-13(15)19/h2-8,21H,1H3,(H,20,23). The summed E-state index contributed by atoms with van der Waals surface area (Å²) in [4.78, 5) is 3.06. The average molecular weight is 342 g/mol. The fourth-order valence-corrected chi connectivity index (χ4v) is 3.35. The normalized spacial score (nSPS) is 11.1. The number of aromatic nitrogens is 3. The number of fused-ring (bicyclic) bond motifs is 1. The highest BCUT2D eigenvalue weighted by Gasteiger charge is 2.16. The average Bonchev–Trinajstić information content (AvgIpc) is 3.21. The number of H-pyrrole nitrogens is 1. The fraction of sp³-hybridized carbons (Fsp3) is 0.0588. The molecule has 0 radical (unpaired) electrons. The first kappa shape index (κ1) is 14.8. The Hall–Kier alpha value is -2.80. The van der Waals surface area contributed by atoms with Gasteiger partial charge < -0.3 is 10.3 Å². The quantitative estimate of drug-likeness (QED) is 0.569. The van der Waals surface area contributed by atoms with E-state index in [4.69, 9.17) is 0 Å². The smallest absolute Gasteiger partial charge is 0.205 e. The third kappa shape index (κ3) is 2.33. The van der Waals surface area contributed by atoms with Crippen molar-refractivity contribution in [2.75, 3.05) is 12.4 Å². The van der Waals surface area contributed by atoms with E-state index in [2.05, 4.69) is 20.5 Å². The highest BCUT2D eigenvalue weighted by Crippen LogP contribution is 2.35. The van der Waals surface area contributed by atoms with E-state index in [9.17, 15) is 8.78 Å². The lowest BCUT2D eigenvalue weighted by molar-refractivity contribution is 0.590. The van der Waals surface area contributed by atoms with Gasteiger partial charge in [-0.15, -0.1) is 10.2 Å². The molecule has 0 atom stereocenters. The van der Waals surface area contributed by atoms with E-state index < -0.39 is 11.6 Å². The van der Waals surface area contributed by atoms with Gasteiger partial charge in [-0.3, -0.25) is 0 Å². The van der Waals surface area contributed by atoms with Gasteiger partial charge in [-0.05, 0) is 30.3 Å². The zero-order valence-corrected chi connectivity index (χ0v) is 13.4. The van der Waals surface area contributed by atoms with E-state index in [1.54, 1.807) is 13.2 Å². The summed E-state index contributed by atoms with van der Waals surface area (Å²) in [5.41, 5.74) is 2.10. The molecule has 2 aromatic heterocycles. The topological polar surface area (TPSA) is 53.6 Å². The number of halogens is 2. The second-order valence-electron chi connectivity index (χ2n) is 5.22. The number of hydrogen-bond acceptors (Lipinski definition) is 4. The summed E-state index contributed by atoms with van der Waals surface area (Å²) in [6.07, 6.45) is 1.62. The molecule has 0 saturated heterocycles. The Labute approximate surface area is 140 Å². The molecule has 4 nitrogen and oxygen atoms in total. The molecule has 2 aromatic carbocycles. The Morgan fingerprint density at radius 2 is 1.88 bits per heavy atom. The first-order valence-corrected chi connectivity index (χ1v) is 8.06. The zero-order chi connectivity index (χ0) is 16.7. The molecule has 0 aliphatic heterocycles. The van der Waals surface area contributed by atoms with Crippen LogP contribution in [0.2, 0.25) is 0 Å². The molecule has 24 heavy (non-hydrogen) atoms. The van der Waals surface area contributed by atoms with Gasteiger partial charge in [-0.2, -0.15) is 0 Å². The molecule has 0 spiro atoms. The van der Waals surface area contributed by atoms with Crippen molar-refractivity contribution in [3.05, 3.63) is 54.2 Å². The molecule has 0 aliphatic rings. The van der Waals surface area contributed by atoms with Gasteiger partial charge in [0.25, 0.3) is 0 Å².